The number of benzene rings is 1. The Labute approximate surface area is 119 Å². The first-order chi connectivity index (χ1) is 8.92. The highest BCUT2D eigenvalue weighted by Gasteiger charge is 2.37. The van der Waals surface area contributed by atoms with Crippen LogP contribution in [0, 0.1) is 0 Å². The van der Waals surface area contributed by atoms with Crippen molar-refractivity contribution in [2.24, 2.45) is 0 Å². The zero-order chi connectivity index (χ0) is 13.9. The van der Waals surface area contributed by atoms with Crippen LogP contribution < -0.4 is 0 Å². The van der Waals surface area contributed by atoms with Crippen molar-refractivity contribution in [1.29, 1.82) is 0 Å². The minimum absolute atomic E-state index is 0.152. The molecule has 0 saturated heterocycles. The van der Waals surface area contributed by atoms with Gasteiger partial charge >= 0.3 is 0 Å². The molecule has 19 heavy (non-hydrogen) atoms. The van der Waals surface area contributed by atoms with E-state index in [1.54, 1.807) is 0 Å². The van der Waals surface area contributed by atoms with Crippen molar-refractivity contribution in [2.45, 2.75) is 50.6 Å². The second-order valence-corrected chi connectivity index (χ2v) is 9.99. The summed E-state index contributed by atoms with van der Waals surface area (Å²) in [5.74, 6) is 0. The Morgan fingerprint density at radius 1 is 1.05 bits per heavy atom. The molecule has 1 aliphatic carbocycles. The van der Waals surface area contributed by atoms with E-state index in [1.807, 2.05) is 0 Å². The maximum Gasteiger partial charge on any atom is 0.0242 e. The van der Waals surface area contributed by atoms with Crippen LogP contribution in [0.2, 0.25) is 0 Å². The first-order valence-corrected chi connectivity index (χ1v) is 8.62. The average molecular weight is 272 g/mol. The van der Waals surface area contributed by atoms with Crippen LogP contribution in [-0.4, -0.2) is 10.3 Å². The smallest absolute Gasteiger partial charge is 0.0242 e. The molecule has 0 saturated carbocycles. The second-order valence-electron chi connectivity index (χ2n) is 6.51. The molecule has 0 bridgehead atoms. The number of hydrogen-bond donors (Lipinski definition) is 0. The maximum atomic E-state index is 2.44. The van der Waals surface area contributed by atoms with E-state index < -0.39 is 0 Å². The third-order valence-corrected chi connectivity index (χ3v) is 7.52. The van der Waals surface area contributed by atoms with E-state index in [1.165, 1.54) is 11.7 Å². The molecule has 2 rings (SSSR count). The van der Waals surface area contributed by atoms with Crippen LogP contribution in [0.15, 0.2) is 54.6 Å². The molecule has 102 valence electrons. The van der Waals surface area contributed by atoms with Crippen molar-refractivity contribution in [1.82, 2.24) is 0 Å². The standard InChI is InChI=1S/C18H25P/c1-17(2,3)19(15-16-11-7-5-8-12-16)18(4)13-9-6-10-14-18/h5,7-14H,6,15H2,1-4H3. The van der Waals surface area contributed by atoms with Gasteiger partial charge in [-0.25, -0.2) is 0 Å². The van der Waals surface area contributed by atoms with Gasteiger partial charge in [-0.1, -0.05) is 83.3 Å². The van der Waals surface area contributed by atoms with E-state index in [4.69, 9.17) is 0 Å². The third-order valence-electron chi connectivity index (χ3n) is 3.76. The highest BCUT2D eigenvalue weighted by molar-refractivity contribution is 7.60. The molecule has 1 aromatic rings. The summed E-state index contributed by atoms with van der Waals surface area (Å²) in [6.07, 6.45) is 11.8. The zero-order valence-corrected chi connectivity index (χ0v) is 13.5. The van der Waals surface area contributed by atoms with Gasteiger partial charge < -0.3 is 0 Å². The van der Waals surface area contributed by atoms with Crippen LogP contribution in [0.3, 0.4) is 0 Å². The first-order valence-electron chi connectivity index (χ1n) is 7.09. The Balaban J connectivity index is 2.29. The largest absolute Gasteiger partial charge is 0.0835 e. The summed E-state index contributed by atoms with van der Waals surface area (Å²) in [6, 6.07) is 10.9. The number of allylic oxidation sites excluding steroid dienone is 4. The fourth-order valence-electron chi connectivity index (χ4n) is 2.82. The Morgan fingerprint density at radius 2 is 1.63 bits per heavy atom. The summed E-state index contributed by atoms with van der Waals surface area (Å²) in [5.41, 5.74) is 1.47. The van der Waals surface area contributed by atoms with Gasteiger partial charge in [0.15, 0.2) is 0 Å². The van der Waals surface area contributed by atoms with Gasteiger partial charge in [0.1, 0.15) is 0 Å². The van der Waals surface area contributed by atoms with E-state index in [9.17, 15) is 0 Å². The molecule has 0 nitrogen and oxygen atoms in total. The second kappa shape index (κ2) is 5.63. The van der Waals surface area contributed by atoms with Gasteiger partial charge in [-0.15, -0.1) is 0 Å². The normalized spacial score (nSPS) is 19.4. The van der Waals surface area contributed by atoms with Gasteiger partial charge in [0.2, 0.25) is 0 Å². The average Bonchev–Trinajstić information content (AvgIpc) is 2.37. The molecule has 0 fully saturated rings. The van der Waals surface area contributed by atoms with Crippen molar-refractivity contribution in [3.8, 4) is 0 Å². The van der Waals surface area contributed by atoms with Crippen molar-refractivity contribution < 1.29 is 0 Å². The van der Waals surface area contributed by atoms with Gasteiger partial charge in [0, 0.05) is 5.16 Å². The lowest BCUT2D eigenvalue weighted by atomic mass is 10.0. The van der Waals surface area contributed by atoms with Crippen LogP contribution >= 0.6 is 7.92 Å². The molecule has 0 aliphatic heterocycles. The molecule has 0 aromatic heterocycles. The fraction of sp³-hybridized carbons (Fsp3) is 0.444. The summed E-state index contributed by atoms with van der Waals surface area (Å²) in [4.78, 5) is 0. The lowest BCUT2D eigenvalue weighted by molar-refractivity contribution is 0.751. The first kappa shape index (κ1) is 14.5. The minimum atomic E-state index is -0.152. The van der Waals surface area contributed by atoms with E-state index in [0.29, 0.717) is 5.16 Å². The van der Waals surface area contributed by atoms with Crippen molar-refractivity contribution in [2.75, 3.05) is 0 Å². The van der Waals surface area contributed by atoms with Gasteiger partial charge in [0.05, 0.1) is 0 Å². The molecule has 0 spiro atoms. The molecule has 1 aliphatic rings. The Bertz CT molecular complexity index is 450. The zero-order valence-electron chi connectivity index (χ0n) is 12.6. The van der Waals surface area contributed by atoms with Gasteiger partial charge in [-0.3, -0.25) is 0 Å². The molecule has 1 unspecified atom stereocenters. The van der Waals surface area contributed by atoms with Crippen LogP contribution in [0.5, 0.6) is 0 Å². The Morgan fingerprint density at radius 3 is 2.16 bits per heavy atom. The summed E-state index contributed by atoms with van der Waals surface area (Å²) in [7, 11) is -0.152. The predicted octanol–water partition coefficient (Wildman–Crippen LogP) is 5.74. The van der Waals surface area contributed by atoms with E-state index in [-0.39, 0.29) is 13.1 Å². The summed E-state index contributed by atoms with van der Waals surface area (Å²) < 4.78 is 0. The Hall–Kier alpha value is -0.870. The lowest BCUT2D eigenvalue weighted by Gasteiger charge is -2.43. The summed E-state index contributed by atoms with van der Waals surface area (Å²) in [6.45, 7) is 9.58. The lowest BCUT2D eigenvalue weighted by Crippen LogP contribution is -2.28. The molecular formula is C18H25P. The molecule has 0 N–H and O–H groups in total. The summed E-state index contributed by atoms with van der Waals surface area (Å²) >= 11 is 0. The van der Waals surface area contributed by atoms with Crippen LogP contribution in [-0.2, 0) is 6.16 Å². The Kier molecular flexibility index (Phi) is 4.31. The van der Waals surface area contributed by atoms with Gasteiger partial charge in [-0.2, -0.15) is 0 Å². The van der Waals surface area contributed by atoms with Crippen molar-refractivity contribution in [3.63, 3.8) is 0 Å². The monoisotopic (exact) mass is 272 g/mol. The van der Waals surface area contributed by atoms with Crippen molar-refractivity contribution >= 4 is 7.92 Å². The molecule has 0 amide bonds. The van der Waals surface area contributed by atoms with Crippen LogP contribution in [0.4, 0.5) is 0 Å². The highest BCUT2D eigenvalue weighted by atomic mass is 31.1. The maximum absolute atomic E-state index is 2.44. The molecule has 1 atom stereocenters. The van der Waals surface area contributed by atoms with Crippen LogP contribution in [0.25, 0.3) is 0 Å². The number of hydrogen-bond acceptors (Lipinski definition) is 0. The fourth-order valence-corrected chi connectivity index (χ4v) is 6.23. The van der Waals surface area contributed by atoms with Gasteiger partial charge in [-0.05, 0) is 30.2 Å². The van der Waals surface area contributed by atoms with E-state index in [0.717, 1.165) is 6.42 Å². The highest BCUT2D eigenvalue weighted by Crippen LogP contribution is 2.63. The molecule has 0 radical (unpaired) electrons. The quantitative estimate of drug-likeness (QED) is 0.486. The predicted molar refractivity (Wildman–Crippen MR) is 88.1 cm³/mol. The van der Waals surface area contributed by atoms with E-state index >= 15 is 0 Å². The van der Waals surface area contributed by atoms with Crippen LogP contribution in [0.1, 0.15) is 39.7 Å². The third kappa shape index (κ3) is 3.57. The molecule has 1 aromatic carbocycles. The molecular weight excluding hydrogens is 247 g/mol. The van der Waals surface area contributed by atoms with Crippen molar-refractivity contribution in [3.05, 3.63) is 60.2 Å². The molecule has 0 heterocycles. The molecule has 1 heteroatoms. The van der Waals surface area contributed by atoms with E-state index in [2.05, 4.69) is 82.3 Å². The number of rotatable bonds is 3. The summed E-state index contributed by atoms with van der Waals surface area (Å²) in [5, 5.41) is 0.591. The van der Waals surface area contributed by atoms with Gasteiger partial charge in [0.25, 0.3) is 0 Å². The SMILES string of the molecule is CC(C)(C)P(Cc1ccccc1)C1(C)C=CCC=C1. The minimum Gasteiger partial charge on any atom is -0.0835 e. The topological polar surface area (TPSA) is 0 Å².